The molecular formula is C21H20N4O2S. The molecule has 2 unspecified atom stereocenters. The van der Waals surface area contributed by atoms with Gasteiger partial charge in [0, 0.05) is 53.4 Å². The Hall–Kier alpha value is -2.80. The van der Waals surface area contributed by atoms with Crippen LogP contribution < -0.4 is 16.0 Å². The van der Waals surface area contributed by atoms with Gasteiger partial charge in [0.2, 0.25) is 11.8 Å². The molecule has 7 heteroatoms. The van der Waals surface area contributed by atoms with Crippen LogP contribution in [0.3, 0.4) is 0 Å². The zero-order chi connectivity index (χ0) is 19.3. The molecule has 0 radical (unpaired) electrons. The molecule has 3 aliphatic heterocycles. The second-order valence-corrected chi connectivity index (χ2v) is 8.25. The Bertz CT molecular complexity index is 1020. The molecule has 0 bridgehead atoms. The molecule has 4 aliphatic rings. The maximum Gasteiger partial charge on any atom is 0.234 e. The summed E-state index contributed by atoms with van der Waals surface area (Å²) in [5, 5.41) is 9.63. The number of hydrogen-bond acceptors (Lipinski definition) is 5. The Balaban J connectivity index is 1.62. The fraction of sp³-hybridized carbons (Fsp3) is 0.286. The van der Waals surface area contributed by atoms with E-state index in [4.69, 9.17) is 0 Å². The number of hydrogen-bond donors (Lipinski definition) is 3. The van der Waals surface area contributed by atoms with Crippen LogP contribution in [0.4, 0.5) is 5.69 Å². The summed E-state index contributed by atoms with van der Waals surface area (Å²) < 4.78 is 0. The topological polar surface area (TPSA) is 82.6 Å². The third kappa shape index (κ3) is 2.69. The Morgan fingerprint density at radius 3 is 3.04 bits per heavy atom. The molecule has 3 heterocycles. The molecule has 2 amide bonds. The van der Waals surface area contributed by atoms with Gasteiger partial charge in [-0.25, -0.2) is 0 Å². The maximum atomic E-state index is 12.1. The molecule has 1 aromatic rings. The Kier molecular flexibility index (Phi) is 4.12. The second-order valence-electron chi connectivity index (χ2n) is 7.24. The summed E-state index contributed by atoms with van der Waals surface area (Å²) in [6.45, 7) is 2.11. The zero-order valence-electron chi connectivity index (χ0n) is 15.4. The minimum absolute atomic E-state index is 0.00591. The second kappa shape index (κ2) is 6.67. The lowest BCUT2D eigenvalue weighted by Crippen LogP contribution is -2.42. The van der Waals surface area contributed by atoms with Crippen molar-refractivity contribution in [3.05, 3.63) is 64.0 Å². The van der Waals surface area contributed by atoms with Crippen LogP contribution in [0, 0.1) is 5.92 Å². The van der Waals surface area contributed by atoms with Crippen molar-refractivity contribution in [2.75, 3.05) is 17.6 Å². The third-order valence-electron chi connectivity index (χ3n) is 5.48. The minimum Gasteiger partial charge on any atom is -0.358 e. The van der Waals surface area contributed by atoms with E-state index in [-0.39, 0.29) is 23.7 Å². The van der Waals surface area contributed by atoms with Gasteiger partial charge < -0.3 is 16.0 Å². The SMILES string of the molecule is CC(=O)NCCC1C2=C3C(=NC=CC3c3ccccc3N2)C2=C1SCC(=O)N2. The van der Waals surface area contributed by atoms with E-state index in [1.165, 1.54) is 12.5 Å². The molecule has 6 nitrogen and oxygen atoms in total. The number of para-hydroxylation sites is 1. The number of carbonyl (C=O) groups excluding carboxylic acids is 2. The fourth-order valence-corrected chi connectivity index (χ4v) is 5.43. The summed E-state index contributed by atoms with van der Waals surface area (Å²) in [7, 11) is 0. The number of fused-ring (bicyclic) bond motifs is 3. The molecule has 0 aromatic heterocycles. The lowest BCUT2D eigenvalue weighted by Gasteiger charge is -2.42. The van der Waals surface area contributed by atoms with Gasteiger partial charge in [0.25, 0.3) is 0 Å². The van der Waals surface area contributed by atoms with Crippen LogP contribution in [0.15, 0.2) is 63.4 Å². The third-order valence-corrected chi connectivity index (χ3v) is 6.69. The number of rotatable bonds is 3. The summed E-state index contributed by atoms with van der Waals surface area (Å²) in [4.78, 5) is 29.3. The van der Waals surface area contributed by atoms with Gasteiger partial charge in [-0.2, -0.15) is 0 Å². The van der Waals surface area contributed by atoms with Crippen LogP contribution in [0.1, 0.15) is 24.8 Å². The van der Waals surface area contributed by atoms with Crippen molar-refractivity contribution in [1.82, 2.24) is 10.6 Å². The molecular weight excluding hydrogens is 372 g/mol. The van der Waals surface area contributed by atoms with E-state index in [1.54, 1.807) is 11.8 Å². The monoisotopic (exact) mass is 392 g/mol. The van der Waals surface area contributed by atoms with E-state index in [2.05, 4.69) is 39.2 Å². The molecule has 0 saturated carbocycles. The van der Waals surface area contributed by atoms with Crippen LogP contribution in [0.2, 0.25) is 0 Å². The smallest absolute Gasteiger partial charge is 0.234 e. The van der Waals surface area contributed by atoms with Gasteiger partial charge in [-0.1, -0.05) is 24.3 Å². The van der Waals surface area contributed by atoms with Crippen molar-refractivity contribution in [1.29, 1.82) is 0 Å². The molecule has 0 saturated heterocycles. The van der Waals surface area contributed by atoms with Gasteiger partial charge in [0.15, 0.2) is 0 Å². The zero-order valence-corrected chi connectivity index (χ0v) is 16.2. The standard InChI is InChI=1S/C21H20N4O2S/c1-11(26)22-8-7-14-18-17-13(12-4-2-3-5-15(12)24-18)6-9-23-19(17)20-21(14)28-10-16(27)25-20/h2-6,9,13-14,24H,7-8,10H2,1H3,(H,22,26)(H,25,27). The number of benzene rings is 1. The number of amides is 2. The van der Waals surface area contributed by atoms with Gasteiger partial charge in [0.1, 0.15) is 0 Å². The van der Waals surface area contributed by atoms with Gasteiger partial charge in [0.05, 0.1) is 17.2 Å². The van der Waals surface area contributed by atoms with Gasteiger partial charge in [-0.05, 0) is 18.1 Å². The molecule has 2 atom stereocenters. The quantitative estimate of drug-likeness (QED) is 0.739. The molecule has 5 rings (SSSR count). The van der Waals surface area contributed by atoms with E-state index in [0.717, 1.165) is 39.7 Å². The van der Waals surface area contributed by atoms with Crippen LogP contribution in [0.25, 0.3) is 0 Å². The first-order chi connectivity index (χ1) is 13.6. The van der Waals surface area contributed by atoms with Crippen LogP contribution in [-0.2, 0) is 9.59 Å². The molecule has 1 aliphatic carbocycles. The van der Waals surface area contributed by atoms with Crippen molar-refractivity contribution in [2.24, 2.45) is 10.9 Å². The number of nitrogens with one attached hydrogen (secondary N) is 3. The summed E-state index contributed by atoms with van der Waals surface area (Å²) in [6, 6.07) is 8.32. The average Bonchev–Trinajstić information content (AvgIpc) is 2.70. The first-order valence-electron chi connectivity index (χ1n) is 9.40. The summed E-state index contributed by atoms with van der Waals surface area (Å²) in [5.41, 5.74) is 6.29. The van der Waals surface area contributed by atoms with E-state index < -0.39 is 0 Å². The highest BCUT2D eigenvalue weighted by molar-refractivity contribution is 8.03. The number of carbonyl (C=O) groups is 2. The Morgan fingerprint density at radius 2 is 2.18 bits per heavy atom. The first-order valence-corrected chi connectivity index (χ1v) is 10.4. The fourth-order valence-electron chi connectivity index (χ4n) is 4.34. The summed E-state index contributed by atoms with van der Waals surface area (Å²) in [5.74, 6) is 0.576. The van der Waals surface area contributed by atoms with Gasteiger partial charge in [-0.3, -0.25) is 14.6 Å². The van der Waals surface area contributed by atoms with Crippen molar-refractivity contribution < 1.29 is 9.59 Å². The van der Waals surface area contributed by atoms with Gasteiger partial charge in [-0.15, -0.1) is 11.8 Å². The van der Waals surface area contributed by atoms with Crippen LogP contribution in [-0.4, -0.2) is 29.8 Å². The molecule has 3 N–H and O–H groups in total. The maximum absolute atomic E-state index is 12.1. The van der Waals surface area contributed by atoms with Crippen LogP contribution >= 0.6 is 11.8 Å². The lowest BCUT2D eigenvalue weighted by molar-refractivity contribution is -0.119. The van der Waals surface area contributed by atoms with Crippen molar-refractivity contribution in [3.8, 4) is 0 Å². The number of anilines is 1. The molecule has 28 heavy (non-hydrogen) atoms. The summed E-state index contributed by atoms with van der Waals surface area (Å²) >= 11 is 1.58. The van der Waals surface area contributed by atoms with E-state index in [0.29, 0.717) is 12.3 Å². The highest BCUT2D eigenvalue weighted by Gasteiger charge is 2.42. The number of aliphatic imine (C=N–C) groups is 1. The number of allylic oxidation sites excluding steroid dienone is 3. The van der Waals surface area contributed by atoms with E-state index in [1.807, 2.05) is 18.3 Å². The lowest BCUT2D eigenvalue weighted by atomic mass is 9.75. The molecule has 142 valence electrons. The van der Waals surface area contributed by atoms with Crippen molar-refractivity contribution in [2.45, 2.75) is 19.3 Å². The van der Waals surface area contributed by atoms with Crippen LogP contribution in [0.5, 0.6) is 0 Å². The van der Waals surface area contributed by atoms with Crippen molar-refractivity contribution >= 4 is 35.0 Å². The first kappa shape index (κ1) is 17.3. The molecule has 1 aromatic carbocycles. The largest absolute Gasteiger partial charge is 0.358 e. The highest BCUT2D eigenvalue weighted by Crippen LogP contribution is 2.50. The van der Waals surface area contributed by atoms with E-state index in [9.17, 15) is 9.59 Å². The van der Waals surface area contributed by atoms with E-state index >= 15 is 0 Å². The predicted molar refractivity (Wildman–Crippen MR) is 111 cm³/mol. The average molecular weight is 392 g/mol. The molecule has 0 spiro atoms. The van der Waals surface area contributed by atoms with Gasteiger partial charge >= 0.3 is 0 Å². The Labute approximate surface area is 167 Å². The molecule has 0 fully saturated rings. The predicted octanol–water partition coefficient (Wildman–Crippen LogP) is 2.65. The number of thioether (sulfide) groups is 1. The minimum atomic E-state index is -0.0325. The Morgan fingerprint density at radius 1 is 1.32 bits per heavy atom. The normalized spacial score (nSPS) is 24.5. The van der Waals surface area contributed by atoms with Crippen molar-refractivity contribution in [3.63, 3.8) is 0 Å². The highest BCUT2D eigenvalue weighted by atomic mass is 32.2. The summed E-state index contributed by atoms with van der Waals surface area (Å²) in [6.07, 6.45) is 4.72. The number of nitrogens with zero attached hydrogens (tertiary/aromatic N) is 1.